The van der Waals surface area contributed by atoms with Crippen LogP contribution in [-0.4, -0.2) is 26.7 Å². The summed E-state index contributed by atoms with van der Waals surface area (Å²) in [7, 11) is 3.11. The molecule has 23 heavy (non-hydrogen) atoms. The zero-order chi connectivity index (χ0) is 16.7. The number of halogens is 1. The molecule has 0 fully saturated rings. The van der Waals surface area contributed by atoms with Gasteiger partial charge in [-0.3, -0.25) is 4.79 Å². The zero-order valence-corrected chi connectivity index (χ0v) is 13.1. The van der Waals surface area contributed by atoms with E-state index < -0.39 is 0 Å². The largest absolute Gasteiger partial charge is 0.497 e. The van der Waals surface area contributed by atoms with Gasteiger partial charge in [0.15, 0.2) is 0 Å². The summed E-state index contributed by atoms with van der Waals surface area (Å²) in [5.74, 6) is 0.659. The lowest BCUT2D eigenvalue weighted by atomic mass is 10.2. The highest BCUT2D eigenvalue weighted by Gasteiger charge is 2.08. The van der Waals surface area contributed by atoms with E-state index in [4.69, 9.17) is 9.47 Å². The van der Waals surface area contributed by atoms with E-state index in [1.54, 1.807) is 43.5 Å². The summed E-state index contributed by atoms with van der Waals surface area (Å²) in [6, 6.07) is 11.6. The summed E-state index contributed by atoms with van der Waals surface area (Å²) in [5.41, 5.74) is 1.12. The van der Waals surface area contributed by atoms with Gasteiger partial charge in [0.1, 0.15) is 17.3 Å². The Morgan fingerprint density at radius 1 is 1.13 bits per heavy atom. The number of amides is 1. The van der Waals surface area contributed by atoms with Gasteiger partial charge in [0.2, 0.25) is 5.91 Å². The normalized spacial score (nSPS) is 10.0. The van der Waals surface area contributed by atoms with Crippen molar-refractivity contribution in [1.82, 2.24) is 5.32 Å². The molecule has 0 saturated heterocycles. The lowest BCUT2D eigenvalue weighted by Crippen LogP contribution is -2.29. The van der Waals surface area contributed by atoms with Crippen LogP contribution in [-0.2, 0) is 11.3 Å². The molecule has 1 amide bonds. The first kappa shape index (κ1) is 16.6. The fourth-order valence-electron chi connectivity index (χ4n) is 2.02. The van der Waals surface area contributed by atoms with Gasteiger partial charge in [-0.1, -0.05) is 18.2 Å². The summed E-state index contributed by atoms with van der Waals surface area (Å²) in [5, 5.41) is 5.64. The quantitative estimate of drug-likeness (QED) is 0.824. The topological polar surface area (TPSA) is 59.6 Å². The zero-order valence-electron chi connectivity index (χ0n) is 13.1. The molecular formula is C17H19FN2O3. The number of methoxy groups -OCH3 is 2. The molecule has 0 saturated carbocycles. The Morgan fingerprint density at radius 3 is 2.61 bits per heavy atom. The van der Waals surface area contributed by atoms with Gasteiger partial charge in [0.05, 0.1) is 26.5 Å². The molecule has 0 atom stereocenters. The van der Waals surface area contributed by atoms with Crippen LogP contribution in [0.5, 0.6) is 11.5 Å². The van der Waals surface area contributed by atoms with Gasteiger partial charge in [0, 0.05) is 18.2 Å². The maximum atomic E-state index is 13.5. The maximum Gasteiger partial charge on any atom is 0.239 e. The summed E-state index contributed by atoms with van der Waals surface area (Å²) in [6.45, 7) is 0.198. The SMILES string of the molecule is COc1ccc(NCC(=O)NCc2ccccc2F)c(OC)c1. The van der Waals surface area contributed by atoms with E-state index in [0.717, 1.165) is 0 Å². The number of ether oxygens (including phenoxy) is 2. The average Bonchev–Trinajstić information content (AvgIpc) is 2.59. The van der Waals surface area contributed by atoms with E-state index in [0.29, 0.717) is 22.7 Å². The molecule has 0 spiro atoms. The van der Waals surface area contributed by atoms with Gasteiger partial charge in [0.25, 0.3) is 0 Å². The van der Waals surface area contributed by atoms with Gasteiger partial charge < -0.3 is 20.1 Å². The van der Waals surface area contributed by atoms with E-state index >= 15 is 0 Å². The van der Waals surface area contributed by atoms with Crippen LogP contribution in [0.15, 0.2) is 42.5 Å². The number of carbonyl (C=O) groups excluding carboxylic acids is 1. The third-order valence-electron chi connectivity index (χ3n) is 3.28. The fourth-order valence-corrected chi connectivity index (χ4v) is 2.02. The predicted octanol–water partition coefficient (Wildman–Crippen LogP) is 2.57. The summed E-state index contributed by atoms with van der Waals surface area (Å²) >= 11 is 0. The molecule has 6 heteroatoms. The van der Waals surface area contributed by atoms with E-state index in [-0.39, 0.29) is 24.8 Å². The molecule has 0 aromatic heterocycles. The third kappa shape index (κ3) is 4.60. The van der Waals surface area contributed by atoms with Crippen molar-refractivity contribution in [3.8, 4) is 11.5 Å². The Bertz CT molecular complexity index is 677. The van der Waals surface area contributed by atoms with Crippen molar-refractivity contribution in [2.75, 3.05) is 26.1 Å². The molecule has 0 bridgehead atoms. The lowest BCUT2D eigenvalue weighted by Gasteiger charge is -2.12. The molecule has 2 rings (SSSR count). The number of anilines is 1. The monoisotopic (exact) mass is 318 g/mol. The van der Waals surface area contributed by atoms with E-state index in [2.05, 4.69) is 10.6 Å². The highest BCUT2D eigenvalue weighted by molar-refractivity contribution is 5.81. The van der Waals surface area contributed by atoms with Crippen molar-refractivity contribution < 1.29 is 18.7 Å². The molecule has 0 radical (unpaired) electrons. The Hall–Kier alpha value is -2.76. The minimum absolute atomic E-state index is 0.0527. The van der Waals surface area contributed by atoms with Crippen molar-refractivity contribution in [2.45, 2.75) is 6.54 Å². The lowest BCUT2D eigenvalue weighted by molar-refractivity contribution is -0.119. The second kappa shape index (κ2) is 8.03. The smallest absolute Gasteiger partial charge is 0.239 e. The van der Waals surface area contributed by atoms with Crippen molar-refractivity contribution in [1.29, 1.82) is 0 Å². The molecule has 5 nitrogen and oxygen atoms in total. The van der Waals surface area contributed by atoms with Crippen LogP contribution in [0.2, 0.25) is 0 Å². The molecule has 2 aromatic carbocycles. The van der Waals surface area contributed by atoms with E-state index in [1.807, 2.05) is 0 Å². The number of carbonyl (C=O) groups is 1. The molecule has 0 aliphatic rings. The molecule has 0 aliphatic carbocycles. The Morgan fingerprint density at radius 2 is 1.91 bits per heavy atom. The maximum absolute atomic E-state index is 13.5. The first-order chi connectivity index (χ1) is 11.1. The third-order valence-corrected chi connectivity index (χ3v) is 3.28. The van der Waals surface area contributed by atoms with Crippen LogP contribution >= 0.6 is 0 Å². The highest BCUT2D eigenvalue weighted by atomic mass is 19.1. The van der Waals surface area contributed by atoms with Gasteiger partial charge in [-0.05, 0) is 18.2 Å². The first-order valence-corrected chi connectivity index (χ1v) is 7.10. The molecule has 0 aliphatic heterocycles. The summed E-state index contributed by atoms with van der Waals surface area (Å²) < 4.78 is 23.8. The van der Waals surface area contributed by atoms with Crippen LogP contribution in [0.3, 0.4) is 0 Å². The van der Waals surface area contributed by atoms with Crippen LogP contribution in [0.4, 0.5) is 10.1 Å². The van der Waals surface area contributed by atoms with Crippen LogP contribution < -0.4 is 20.1 Å². The van der Waals surface area contributed by atoms with Crippen LogP contribution in [0, 0.1) is 5.82 Å². The van der Waals surface area contributed by atoms with E-state index in [1.165, 1.54) is 13.2 Å². The number of nitrogens with one attached hydrogen (secondary N) is 2. The van der Waals surface area contributed by atoms with Crippen molar-refractivity contribution in [3.63, 3.8) is 0 Å². The minimum atomic E-state index is -0.336. The number of benzene rings is 2. The van der Waals surface area contributed by atoms with Crippen molar-refractivity contribution >= 4 is 11.6 Å². The Labute approximate surface area is 134 Å². The number of rotatable bonds is 7. The van der Waals surface area contributed by atoms with Crippen molar-refractivity contribution in [2.24, 2.45) is 0 Å². The number of hydrogen-bond acceptors (Lipinski definition) is 4. The Balaban J connectivity index is 1.88. The van der Waals surface area contributed by atoms with Gasteiger partial charge in [-0.25, -0.2) is 4.39 Å². The second-order valence-electron chi connectivity index (χ2n) is 4.79. The van der Waals surface area contributed by atoms with Gasteiger partial charge in [-0.2, -0.15) is 0 Å². The van der Waals surface area contributed by atoms with Crippen LogP contribution in [0.25, 0.3) is 0 Å². The molecule has 2 aromatic rings. The summed E-state index contributed by atoms with van der Waals surface area (Å²) in [6.07, 6.45) is 0. The van der Waals surface area contributed by atoms with Crippen LogP contribution in [0.1, 0.15) is 5.56 Å². The summed E-state index contributed by atoms with van der Waals surface area (Å²) in [4.78, 5) is 11.9. The molecule has 0 unspecified atom stereocenters. The Kier molecular flexibility index (Phi) is 5.80. The average molecular weight is 318 g/mol. The van der Waals surface area contributed by atoms with E-state index in [9.17, 15) is 9.18 Å². The molecule has 122 valence electrons. The molecule has 0 heterocycles. The van der Waals surface area contributed by atoms with Gasteiger partial charge in [-0.15, -0.1) is 0 Å². The number of hydrogen-bond donors (Lipinski definition) is 2. The second-order valence-corrected chi connectivity index (χ2v) is 4.79. The minimum Gasteiger partial charge on any atom is -0.497 e. The molecule has 2 N–H and O–H groups in total. The fraction of sp³-hybridized carbons (Fsp3) is 0.235. The predicted molar refractivity (Wildman–Crippen MR) is 86.3 cm³/mol. The molecular weight excluding hydrogens is 299 g/mol. The first-order valence-electron chi connectivity index (χ1n) is 7.10. The van der Waals surface area contributed by atoms with Gasteiger partial charge >= 0.3 is 0 Å². The highest BCUT2D eigenvalue weighted by Crippen LogP contribution is 2.28. The standard InChI is InChI=1S/C17H19FN2O3/c1-22-13-7-8-15(16(9-13)23-2)19-11-17(21)20-10-12-5-3-4-6-14(12)18/h3-9,19H,10-11H2,1-2H3,(H,20,21). The van der Waals surface area contributed by atoms with Crippen molar-refractivity contribution in [3.05, 3.63) is 53.8 Å².